The zero-order chi connectivity index (χ0) is 19.6. The summed E-state index contributed by atoms with van der Waals surface area (Å²) >= 11 is 0. The summed E-state index contributed by atoms with van der Waals surface area (Å²) in [5.41, 5.74) is 1.03. The van der Waals surface area contributed by atoms with Gasteiger partial charge in [-0.15, -0.1) is 24.0 Å². The molecule has 0 spiro atoms. The lowest BCUT2D eigenvalue weighted by Crippen LogP contribution is -2.43. The molecular weight excluding hydrogens is 455 g/mol. The second-order valence-corrected chi connectivity index (χ2v) is 7.38. The van der Waals surface area contributed by atoms with E-state index in [0.29, 0.717) is 11.9 Å². The van der Waals surface area contributed by atoms with Crippen LogP contribution < -0.4 is 20.7 Å². The summed E-state index contributed by atoms with van der Waals surface area (Å²) in [4.78, 5) is 16.3. The van der Waals surface area contributed by atoms with Crippen LogP contribution in [-0.2, 0) is 4.79 Å². The third-order valence-electron chi connectivity index (χ3n) is 3.79. The molecule has 0 saturated carbocycles. The number of ether oxygens (including phenoxy) is 1. The number of amides is 1. The minimum atomic E-state index is -0.244. The Hall–Kier alpha value is -1.51. The van der Waals surface area contributed by atoms with E-state index in [0.717, 1.165) is 25.3 Å². The van der Waals surface area contributed by atoms with Crippen LogP contribution in [0.15, 0.2) is 29.3 Å². The topological polar surface area (TPSA) is 74.8 Å². The molecule has 6 nitrogen and oxygen atoms in total. The third-order valence-corrected chi connectivity index (χ3v) is 3.79. The lowest BCUT2D eigenvalue weighted by molar-refractivity contribution is -0.121. The van der Waals surface area contributed by atoms with Crippen molar-refractivity contribution in [2.24, 2.45) is 4.99 Å². The number of rotatable bonds is 8. The van der Waals surface area contributed by atoms with Gasteiger partial charge in [-0.05, 0) is 57.7 Å². The number of guanidine groups is 1. The van der Waals surface area contributed by atoms with Gasteiger partial charge < -0.3 is 20.7 Å². The third kappa shape index (κ3) is 11.0. The molecular formula is C20H35IN4O2. The number of nitrogens with one attached hydrogen (secondary N) is 3. The summed E-state index contributed by atoms with van der Waals surface area (Å²) in [6.07, 6.45) is 0.963. The SMILES string of the molecule is CCNC(=NCC(=O)NC(C)(C)C)NCCC(C)c1ccc(OC)cc1.I. The van der Waals surface area contributed by atoms with Crippen molar-refractivity contribution in [3.63, 3.8) is 0 Å². The molecule has 0 aliphatic carbocycles. The van der Waals surface area contributed by atoms with Gasteiger partial charge in [0.1, 0.15) is 12.3 Å². The van der Waals surface area contributed by atoms with Crippen LogP contribution in [0.3, 0.4) is 0 Å². The number of nitrogens with zero attached hydrogens (tertiary/aromatic N) is 1. The second kappa shape index (κ2) is 12.8. The van der Waals surface area contributed by atoms with Crippen LogP contribution in [0.25, 0.3) is 0 Å². The van der Waals surface area contributed by atoms with Gasteiger partial charge in [-0.2, -0.15) is 0 Å². The van der Waals surface area contributed by atoms with E-state index in [4.69, 9.17) is 4.74 Å². The van der Waals surface area contributed by atoms with E-state index in [1.165, 1.54) is 5.56 Å². The van der Waals surface area contributed by atoms with Crippen LogP contribution in [0.1, 0.15) is 52.5 Å². The molecule has 154 valence electrons. The molecule has 0 aliphatic rings. The standard InChI is InChI=1S/C20H34N4O2.HI/c1-7-21-19(23-14-18(25)24-20(3,4)5)22-13-12-15(2)16-8-10-17(26-6)11-9-16;/h8-11,15H,7,12-14H2,1-6H3,(H,24,25)(H2,21,22,23);1H. The summed E-state index contributed by atoms with van der Waals surface area (Å²) in [5, 5.41) is 9.38. The molecule has 0 aromatic heterocycles. The normalized spacial score (nSPS) is 12.6. The minimum Gasteiger partial charge on any atom is -0.497 e. The molecule has 0 bridgehead atoms. The molecule has 1 rings (SSSR count). The highest BCUT2D eigenvalue weighted by atomic mass is 127. The molecule has 3 N–H and O–H groups in total. The molecule has 0 aliphatic heterocycles. The molecule has 1 atom stereocenters. The Kier molecular flexibility index (Phi) is 12.1. The Bertz CT molecular complexity index is 583. The first kappa shape index (κ1) is 25.5. The Labute approximate surface area is 181 Å². The van der Waals surface area contributed by atoms with Crippen LogP contribution in [0.2, 0.25) is 0 Å². The van der Waals surface area contributed by atoms with Gasteiger partial charge in [0.25, 0.3) is 0 Å². The van der Waals surface area contributed by atoms with E-state index in [1.54, 1.807) is 7.11 Å². The fourth-order valence-electron chi connectivity index (χ4n) is 2.46. The first-order chi connectivity index (χ1) is 12.2. The molecule has 1 unspecified atom stereocenters. The van der Waals surface area contributed by atoms with E-state index < -0.39 is 0 Å². The minimum absolute atomic E-state index is 0. The monoisotopic (exact) mass is 490 g/mol. The number of carbonyl (C=O) groups is 1. The molecule has 1 amide bonds. The Morgan fingerprint density at radius 2 is 1.81 bits per heavy atom. The molecule has 27 heavy (non-hydrogen) atoms. The van der Waals surface area contributed by atoms with Gasteiger partial charge in [-0.25, -0.2) is 4.99 Å². The smallest absolute Gasteiger partial charge is 0.242 e. The summed E-state index contributed by atoms with van der Waals surface area (Å²) in [6, 6.07) is 8.16. The highest BCUT2D eigenvalue weighted by molar-refractivity contribution is 14.0. The largest absolute Gasteiger partial charge is 0.497 e. The first-order valence-electron chi connectivity index (χ1n) is 9.22. The molecule has 0 saturated heterocycles. The molecule has 0 radical (unpaired) electrons. The second-order valence-electron chi connectivity index (χ2n) is 7.38. The lowest BCUT2D eigenvalue weighted by Gasteiger charge is -2.20. The number of hydrogen-bond donors (Lipinski definition) is 3. The highest BCUT2D eigenvalue weighted by Crippen LogP contribution is 2.21. The fraction of sp³-hybridized carbons (Fsp3) is 0.600. The van der Waals surface area contributed by atoms with Crippen molar-refractivity contribution >= 4 is 35.8 Å². The van der Waals surface area contributed by atoms with E-state index >= 15 is 0 Å². The lowest BCUT2D eigenvalue weighted by atomic mass is 9.98. The molecule has 0 heterocycles. The molecule has 1 aromatic rings. The Morgan fingerprint density at radius 3 is 2.33 bits per heavy atom. The van der Waals surface area contributed by atoms with Gasteiger partial charge in [0.15, 0.2) is 5.96 Å². The van der Waals surface area contributed by atoms with Crippen molar-refractivity contribution in [2.75, 3.05) is 26.7 Å². The van der Waals surface area contributed by atoms with E-state index in [9.17, 15) is 4.79 Å². The number of hydrogen-bond acceptors (Lipinski definition) is 3. The summed E-state index contributed by atoms with van der Waals surface area (Å²) in [7, 11) is 1.67. The van der Waals surface area contributed by atoms with Gasteiger partial charge in [0.2, 0.25) is 5.91 Å². The van der Waals surface area contributed by atoms with Crippen LogP contribution in [-0.4, -0.2) is 44.1 Å². The van der Waals surface area contributed by atoms with E-state index in [1.807, 2.05) is 39.8 Å². The van der Waals surface area contributed by atoms with Gasteiger partial charge in [-0.3, -0.25) is 4.79 Å². The van der Waals surface area contributed by atoms with Crippen molar-refractivity contribution in [2.45, 2.75) is 52.5 Å². The fourth-order valence-corrected chi connectivity index (χ4v) is 2.46. The summed E-state index contributed by atoms with van der Waals surface area (Å²) in [6.45, 7) is 11.7. The van der Waals surface area contributed by atoms with Crippen molar-refractivity contribution in [3.8, 4) is 5.75 Å². The van der Waals surface area contributed by atoms with Crippen molar-refractivity contribution < 1.29 is 9.53 Å². The van der Waals surface area contributed by atoms with Gasteiger partial charge in [-0.1, -0.05) is 19.1 Å². The maximum Gasteiger partial charge on any atom is 0.242 e. The molecule has 1 aromatic carbocycles. The summed E-state index contributed by atoms with van der Waals surface area (Å²) < 4.78 is 5.20. The van der Waals surface area contributed by atoms with Crippen molar-refractivity contribution in [1.82, 2.24) is 16.0 Å². The highest BCUT2D eigenvalue weighted by Gasteiger charge is 2.13. The molecule has 7 heteroatoms. The van der Waals surface area contributed by atoms with E-state index in [-0.39, 0.29) is 42.0 Å². The Morgan fingerprint density at radius 1 is 1.19 bits per heavy atom. The van der Waals surface area contributed by atoms with Crippen LogP contribution >= 0.6 is 24.0 Å². The zero-order valence-electron chi connectivity index (χ0n) is 17.4. The van der Waals surface area contributed by atoms with Crippen LogP contribution in [0.4, 0.5) is 0 Å². The number of methoxy groups -OCH3 is 1. The number of carbonyl (C=O) groups excluding carboxylic acids is 1. The van der Waals surface area contributed by atoms with Gasteiger partial charge in [0.05, 0.1) is 7.11 Å². The van der Waals surface area contributed by atoms with Crippen LogP contribution in [0, 0.1) is 0 Å². The zero-order valence-corrected chi connectivity index (χ0v) is 19.7. The van der Waals surface area contributed by atoms with Gasteiger partial charge in [0, 0.05) is 18.6 Å². The first-order valence-corrected chi connectivity index (χ1v) is 9.22. The number of benzene rings is 1. The molecule has 0 fully saturated rings. The predicted molar refractivity (Wildman–Crippen MR) is 123 cm³/mol. The number of aliphatic imine (C=N–C) groups is 1. The van der Waals surface area contributed by atoms with E-state index in [2.05, 4.69) is 40.0 Å². The predicted octanol–water partition coefficient (Wildman–Crippen LogP) is 3.28. The maximum absolute atomic E-state index is 11.9. The van der Waals surface area contributed by atoms with Crippen molar-refractivity contribution in [3.05, 3.63) is 29.8 Å². The quantitative estimate of drug-likeness (QED) is 0.297. The average molecular weight is 490 g/mol. The van der Waals surface area contributed by atoms with Crippen LogP contribution in [0.5, 0.6) is 5.75 Å². The van der Waals surface area contributed by atoms with Crippen molar-refractivity contribution in [1.29, 1.82) is 0 Å². The average Bonchev–Trinajstić information content (AvgIpc) is 2.58. The maximum atomic E-state index is 11.9. The Balaban J connectivity index is 0.00000676. The van der Waals surface area contributed by atoms with Gasteiger partial charge >= 0.3 is 0 Å². The number of halogens is 1. The summed E-state index contributed by atoms with van der Waals surface area (Å²) in [5.74, 6) is 1.87.